The summed E-state index contributed by atoms with van der Waals surface area (Å²) in [4.78, 5) is 0. The van der Waals surface area contributed by atoms with Gasteiger partial charge < -0.3 is 10.4 Å². The Balaban J connectivity index is 2.53. The van der Waals surface area contributed by atoms with Crippen LogP contribution in [-0.2, 0) is 5.54 Å². The summed E-state index contributed by atoms with van der Waals surface area (Å²) in [6, 6.07) is 20.2. The molecule has 0 aliphatic heterocycles. The highest BCUT2D eigenvalue weighted by Crippen LogP contribution is 2.28. The molecule has 0 atom stereocenters. The number of benzene rings is 2. The van der Waals surface area contributed by atoms with Crippen LogP contribution in [0.2, 0.25) is 0 Å². The van der Waals surface area contributed by atoms with E-state index in [0.717, 1.165) is 17.7 Å². The Bertz CT molecular complexity index is 427. The standard InChI is InChI=1S/C16H19NO/c1-2-17-16(13-18,14-9-5-3-6-10-14)15-11-7-4-8-12-15/h3-12,17-18H,2,13H2,1H3. The average Bonchev–Trinajstić information content (AvgIpc) is 2.47. The third kappa shape index (κ3) is 2.30. The lowest BCUT2D eigenvalue weighted by molar-refractivity contribution is 0.193. The summed E-state index contributed by atoms with van der Waals surface area (Å²) in [5, 5.41) is 13.4. The minimum Gasteiger partial charge on any atom is -0.394 e. The van der Waals surface area contributed by atoms with Crippen molar-refractivity contribution >= 4 is 0 Å². The van der Waals surface area contributed by atoms with Crippen LogP contribution in [-0.4, -0.2) is 18.3 Å². The number of aliphatic hydroxyl groups is 1. The van der Waals surface area contributed by atoms with Gasteiger partial charge in [-0.15, -0.1) is 0 Å². The van der Waals surface area contributed by atoms with Crippen LogP contribution in [0.5, 0.6) is 0 Å². The van der Waals surface area contributed by atoms with Gasteiger partial charge in [-0.05, 0) is 17.7 Å². The molecule has 2 aromatic carbocycles. The van der Waals surface area contributed by atoms with Crippen molar-refractivity contribution in [2.24, 2.45) is 0 Å². The molecule has 18 heavy (non-hydrogen) atoms. The van der Waals surface area contributed by atoms with Crippen LogP contribution in [0.3, 0.4) is 0 Å². The summed E-state index contributed by atoms with van der Waals surface area (Å²) in [6.45, 7) is 2.88. The Hall–Kier alpha value is -1.64. The molecule has 0 amide bonds. The normalized spacial score (nSPS) is 11.4. The fraction of sp³-hybridized carbons (Fsp3) is 0.250. The van der Waals surface area contributed by atoms with E-state index in [9.17, 15) is 5.11 Å². The second kappa shape index (κ2) is 5.80. The van der Waals surface area contributed by atoms with Gasteiger partial charge in [0.05, 0.1) is 12.1 Å². The van der Waals surface area contributed by atoms with E-state index in [-0.39, 0.29) is 6.61 Å². The predicted molar refractivity (Wildman–Crippen MR) is 74.4 cm³/mol. The molecule has 0 heterocycles. The van der Waals surface area contributed by atoms with E-state index in [2.05, 4.69) is 12.2 Å². The predicted octanol–water partition coefficient (Wildman–Crippen LogP) is 2.53. The van der Waals surface area contributed by atoms with Crippen molar-refractivity contribution in [3.8, 4) is 0 Å². The monoisotopic (exact) mass is 241 g/mol. The summed E-state index contributed by atoms with van der Waals surface area (Å²) in [6.07, 6.45) is 0. The second-order valence-electron chi connectivity index (χ2n) is 4.33. The highest BCUT2D eigenvalue weighted by Gasteiger charge is 2.32. The van der Waals surface area contributed by atoms with Crippen molar-refractivity contribution < 1.29 is 5.11 Å². The molecule has 0 fully saturated rings. The molecular formula is C16H19NO. The Kier molecular flexibility index (Phi) is 4.13. The Morgan fingerprint density at radius 1 is 0.889 bits per heavy atom. The van der Waals surface area contributed by atoms with Crippen molar-refractivity contribution in [3.63, 3.8) is 0 Å². The molecule has 0 aliphatic rings. The summed E-state index contributed by atoms with van der Waals surface area (Å²) in [5.41, 5.74) is 1.65. The smallest absolute Gasteiger partial charge is 0.0925 e. The molecule has 2 rings (SSSR count). The zero-order valence-corrected chi connectivity index (χ0v) is 10.6. The average molecular weight is 241 g/mol. The lowest BCUT2D eigenvalue weighted by Gasteiger charge is -2.34. The van der Waals surface area contributed by atoms with Crippen molar-refractivity contribution in [3.05, 3.63) is 71.8 Å². The number of hydrogen-bond donors (Lipinski definition) is 2. The molecule has 0 spiro atoms. The van der Waals surface area contributed by atoms with Crippen LogP contribution in [0.15, 0.2) is 60.7 Å². The highest BCUT2D eigenvalue weighted by molar-refractivity contribution is 5.38. The zero-order valence-electron chi connectivity index (χ0n) is 10.6. The third-order valence-electron chi connectivity index (χ3n) is 3.25. The fourth-order valence-corrected chi connectivity index (χ4v) is 2.36. The summed E-state index contributed by atoms with van der Waals surface area (Å²) in [5.74, 6) is 0. The Labute approximate surface area is 108 Å². The molecule has 0 aliphatic carbocycles. The molecule has 2 N–H and O–H groups in total. The van der Waals surface area contributed by atoms with Crippen LogP contribution in [0.25, 0.3) is 0 Å². The lowest BCUT2D eigenvalue weighted by Crippen LogP contribution is -2.46. The van der Waals surface area contributed by atoms with Gasteiger partial charge in [0.2, 0.25) is 0 Å². The van der Waals surface area contributed by atoms with Gasteiger partial charge in [0.25, 0.3) is 0 Å². The maximum atomic E-state index is 9.95. The first kappa shape index (κ1) is 12.8. The van der Waals surface area contributed by atoms with Gasteiger partial charge in [-0.2, -0.15) is 0 Å². The maximum absolute atomic E-state index is 9.95. The molecule has 94 valence electrons. The van der Waals surface area contributed by atoms with Crippen molar-refractivity contribution in [2.75, 3.05) is 13.2 Å². The first-order valence-electron chi connectivity index (χ1n) is 6.30. The van der Waals surface area contributed by atoms with Gasteiger partial charge in [-0.1, -0.05) is 67.6 Å². The maximum Gasteiger partial charge on any atom is 0.0925 e. The molecule has 0 bridgehead atoms. The van der Waals surface area contributed by atoms with Crippen LogP contribution < -0.4 is 5.32 Å². The lowest BCUT2D eigenvalue weighted by atomic mass is 9.83. The van der Waals surface area contributed by atoms with Crippen molar-refractivity contribution in [2.45, 2.75) is 12.5 Å². The second-order valence-corrected chi connectivity index (χ2v) is 4.33. The summed E-state index contributed by atoms with van der Waals surface area (Å²) >= 11 is 0. The molecule has 2 nitrogen and oxygen atoms in total. The first-order chi connectivity index (χ1) is 8.83. The summed E-state index contributed by atoms with van der Waals surface area (Å²) in [7, 11) is 0. The van der Waals surface area contributed by atoms with Gasteiger partial charge in [-0.25, -0.2) is 0 Å². The molecule has 0 unspecified atom stereocenters. The van der Waals surface area contributed by atoms with Crippen LogP contribution in [0.1, 0.15) is 18.1 Å². The third-order valence-corrected chi connectivity index (χ3v) is 3.25. The zero-order chi connectivity index (χ0) is 12.8. The first-order valence-corrected chi connectivity index (χ1v) is 6.30. The minimum absolute atomic E-state index is 0.0366. The van der Waals surface area contributed by atoms with Crippen molar-refractivity contribution in [1.29, 1.82) is 0 Å². The van der Waals surface area contributed by atoms with E-state index in [1.54, 1.807) is 0 Å². The van der Waals surface area contributed by atoms with E-state index in [1.807, 2.05) is 60.7 Å². The fourth-order valence-electron chi connectivity index (χ4n) is 2.36. The molecule has 0 saturated carbocycles. The molecule has 0 aromatic heterocycles. The quantitative estimate of drug-likeness (QED) is 0.843. The van der Waals surface area contributed by atoms with Crippen molar-refractivity contribution in [1.82, 2.24) is 5.32 Å². The van der Waals surface area contributed by atoms with E-state index in [1.165, 1.54) is 0 Å². The van der Waals surface area contributed by atoms with Gasteiger partial charge in [-0.3, -0.25) is 0 Å². The number of hydrogen-bond acceptors (Lipinski definition) is 2. The highest BCUT2D eigenvalue weighted by atomic mass is 16.3. The van der Waals surface area contributed by atoms with E-state index in [4.69, 9.17) is 0 Å². The minimum atomic E-state index is -0.517. The summed E-state index contributed by atoms with van der Waals surface area (Å²) < 4.78 is 0. The molecule has 2 heteroatoms. The SMILES string of the molecule is CCNC(CO)(c1ccccc1)c1ccccc1. The van der Waals surface area contributed by atoms with Crippen LogP contribution >= 0.6 is 0 Å². The Morgan fingerprint density at radius 2 is 1.33 bits per heavy atom. The van der Waals surface area contributed by atoms with Gasteiger partial charge in [0, 0.05) is 0 Å². The van der Waals surface area contributed by atoms with Gasteiger partial charge in [0.15, 0.2) is 0 Å². The number of likely N-dealkylation sites (N-methyl/N-ethyl adjacent to an activating group) is 1. The van der Waals surface area contributed by atoms with E-state index < -0.39 is 5.54 Å². The topological polar surface area (TPSA) is 32.3 Å². The van der Waals surface area contributed by atoms with Gasteiger partial charge in [0.1, 0.15) is 0 Å². The van der Waals surface area contributed by atoms with E-state index in [0.29, 0.717) is 0 Å². The molecule has 2 aromatic rings. The van der Waals surface area contributed by atoms with Gasteiger partial charge >= 0.3 is 0 Å². The molecule has 0 radical (unpaired) electrons. The number of nitrogens with one attached hydrogen (secondary N) is 1. The Morgan fingerprint density at radius 3 is 1.67 bits per heavy atom. The van der Waals surface area contributed by atoms with Crippen LogP contribution in [0, 0.1) is 0 Å². The molecule has 0 saturated heterocycles. The largest absolute Gasteiger partial charge is 0.394 e. The number of rotatable bonds is 5. The number of aliphatic hydroxyl groups excluding tert-OH is 1. The molecular weight excluding hydrogens is 222 g/mol. The van der Waals surface area contributed by atoms with Crippen LogP contribution in [0.4, 0.5) is 0 Å². The van der Waals surface area contributed by atoms with E-state index >= 15 is 0 Å².